The highest BCUT2D eigenvalue weighted by Gasteiger charge is 2.11. The number of allylic oxidation sites excluding steroid dienone is 2. The highest BCUT2D eigenvalue weighted by atomic mass is 14.3. The molecule has 0 saturated heterocycles. The second kappa shape index (κ2) is 10.8. The molecule has 0 amide bonds. The van der Waals surface area contributed by atoms with Gasteiger partial charge in [0, 0.05) is 6.42 Å². The van der Waals surface area contributed by atoms with E-state index in [1.54, 1.807) is 0 Å². The van der Waals surface area contributed by atoms with E-state index < -0.39 is 0 Å². The van der Waals surface area contributed by atoms with Gasteiger partial charge < -0.3 is 0 Å². The maximum atomic E-state index is 9.04. The Kier molecular flexibility index (Phi) is 10.1. The summed E-state index contributed by atoms with van der Waals surface area (Å²) in [5.41, 5.74) is 1.37. The van der Waals surface area contributed by atoms with Crippen LogP contribution in [0.5, 0.6) is 0 Å². The first kappa shape index (κ1) is 16.7. The van der Waals surface area contributed by atoms with Gasteiger partial charge in [-0.05, 0) is 31.6 Å². The number of nitriles is 2. The van der Waals surface area contributed by atoms with E-state index in [1.807, 2.05) is 6.92 Å². The van der Waals surface area contributed by atoms with Crippen LogP contribution in [0.3, 0.4) is 0 Å². The average Bonchev–Trinajstić information content (AvgIpc) is 2.36. The Hall–Kier alpha value is -1.28. The fraction of sp³-hybridized carbons (Fsp3) is 0.750. The first-order chi connectivity index (χ1) is 8.71. The number of hydrogen-bond acceptors (Lipinski definition) is 2. The van der Waals surface area contributed by atoms with Gasteiger partial charge in [0.2, 0.25) is 0 Å². The van der Waals surface area contributed by atoms with Gasteiger partial charge in [-0.25, -0.2) is 0 Å². The van der Waals surface area contributed by atoms with Gasteiger partial charge in [0.1, 0.15) is 0 Å². The van der Waals surface area contributed by atoms with E-state index in [4.69, 9.17) is 10.5 Å². The van der Waals surface area contributed by atoms with Gasteiger partial charge in [-0.2, -0.15) is 10.5 Å². The Morgan fingerprint density at radius 1 is 1.17 bits per heavy atom. The van der Waals surface area contributed by atoms with E-state index in [-0.39, 0.29) is 5.92 Å². The number of hydrogen-bond donors (Lipinski definition) is 0. The van der Waals surface area contributed by atoms with Gasteiger partial charge in [0.05, 0.1) is 18.1 Å². The summed E-state index contributed by atoms with van der Waals surface area (Å²) < 4.78 is 0. The van der Waals surface area contributed by atoms with Crippen molar-refractivity contribution < 1.29 is 0 Å². The van der Waals surface area contributed by atoms with Gasteiger partial charge in [0.25, 0.3) is 0 Å². The Morgan fingerprint density at radius 3 is 2.33 bits per heavy atom. The molecule has 18 heavy (non-hydrogen) atoms. The molecule has 0 aliphatic rings. The van der Waals surface area contributed by atoms with E-state index in [2.05, 4.69) is 32.1 Å². The second-order valence-electron chi connectivity index (χ2n) is 4.94. The molecule has 0 saturated carbocycles. The summed E-state index contributed by atoms with van der Waals surface area (Å²) in [5, 5.41) is 17.9. The third kappa shape index (κ3) is 7.13. The van der Waals surface area contributed by atoms with Crippen molar-refractivity contribution >= 4 is 0 Å². The van der Waals surface area contributed by atoms with Crippen LogP contribution >= 0.6 is 0 Å². The molecule has 2 heteroatoms. The summed E-state index contributed by atoms with van der Waals surface area (Å²) in [4.78, 5) is 0. The quantitative estimate of drug-likeness (QED) is 0.538. The Balaban J connectivity index is 4.68. The topological polar surface area (TPSA) is 47.6 Å². The molecular formula is C16H26N2. The molecule has 2 nitrogen and oxygen atoms in total. The minimum absolute atomic E-state index is 0.0379. The molecule has 100 valence electrons. The van der Waals surface area contributed by atoms with Crippen molar-refractivity contribution in [1.29, 1.82) is 10.5 Å². The van der Waals surface area contributed by atoms with Crippen LogP contribution in [0.1, 0.15) is 65.7 Å². The molecular weight excluding hydrogens is 220 g/mol. The van der Waals surface area contributed by atoms with Crippen LogP contribution in [0.25, 0.3) is 0 Å². The second-order valence-corrected chi connectivity index (χ2v) is 4.94. The van der Waals surface area contributed by atoms with Crippen molar-refractivity contribution in [3.8, 4) is 12.1 Å². The monoisotopic (exact) mass is 246 g/mol. The van der Waals surface area contributed by atoms with Crippen molar-refractivity contribution in [2.45, 2.75) is 65.7 Å². The van der Waals surface area contributed by atoms with E-state index in [1.165, 1.54) is 5.57 Å². The molecule has 0 aromatic heterocycles. The normalized spacial score (nSPS) is 14.6. The lowest BCUT2D eigenvalue weighted by Gasteiger charge is -2.16. The van der Waals surface area contributed by atoms with Crippen molar-refractivity contribution in [2.75, 3.05) is 0 Å². The molecule has 0 aliphatic heterocycles. The van der Waals surface area contributed by atoms with Gasteiger partial charge >= 0.3 is 0 Å². The first-order valence-corrected chi connectivity index (χ1v) is 7.17. The zero-order valence-corrected chi connectivity index (χ0v) is 12.1. The fourth-order valence-corrected chi connectivity index (χ4v) is 2.29. The Labute approximate surface area is 112 Å². The van der Waals surface area contributed by atoms with Crippen molar-refractivity contribution in [1.82, 2.24) is 0 Å². The third-order valence-corrected chi connectivity index (χ3v) is 3.24. The minimum Gasteiger partial charge on any atom is -0.198 e. The van der Waals surface area contributed by atoms with E-state index >= 15 is 0 Å². The maximum absolute atomic E-state index is 9.04. The van der Waals surface area contributed by atoms with Gasteiger partial charge in [-0.1, -0.05) is 45.3 Å². The number of nitrogens with zero attached hydrogens (tertiary/aromatic N) is 2. The lowest BCUT2D eigenvalue weighted by atomic mass is 9.89. The van der Waals surface area contributed by atoms with Crippen LogP contribution in [0.2, 0.25) is 0 Å². The lowest BCUT2D eigenvalue weighted by Crippen LogP contribution is -2.03. The van der Waals surface area contributed by atoms with Crippen molar-refractivity contribution in [3.63, 3.8) is 0 Å². The fourth-order valence-electron chi connectivity index (χ4n) is 2.29. The van der Waals surface area contributed by atoms with E-state index in [0.717, 1.165) is 38.5 Å². The summed E-state index contributed by atoms with van der Waals surface area (Å²) in [6.07, 6.45) is 9.05. The van der Waals surface area contributed by atoms with Crippen LogP contribution < -0.4 is 0 Å². The zero-order valence-electron chi connectivity index (χ0n) is 12.1. The molecule has 0 rings (SSSR count). The zero-order chi connectivity index (χ0) is 13.8. The molecule has 0 aromatic rings. The summed E-state index contributed by atoms with van der Waals surface area (Å²) in [5.74, 6) is 0.505. The highest BCUT2D eigenvalue weighted by Crippen LogP contribution is 2.24. The van der Waals surface area contributed by atoms with Crippen LogP contribution in [0.15, 0.2) is 11.6 Å². The smallest absolute Gasteiger partial charge is 0.0697 e. The lowest BCUT2D eigenvalue weighted by molar-refractivity contribution is 0.476. The van der Waals surface area contributed by atoms with Crippen LogP contribution in [0.4, 0.5) is 0 Å². The Morgan fingerprint density at radius 2 is 1.89 bits per heavy atom. The largest absolute Gasteiger partial charge is 0.198 e. The molecule has 0 radical (unpaired) electrons. The summed E-state index contributed by atoms with van der Waals surface area (Å²) >= 11 is 0. The molecule has 0 fully saturated rings. The average molecular weight is 246 g/mol. The molecule has 2 unspecified atom stereocenters. The third-order valence-electron chi connectivity index (χ3n) is 3.24. The molecule has 0 N–H and O–H groups in total. The van der Waals surface area contributed by atoms with E-state index in [0.29, 0.717) is 12.3 Å². The number of rotatable bonds is 9. The Bertz CT molecular complexity index is 317. The molecule has 0 aliphatic carbocycles. The van der Waals surface area contributed by atoms with E-state index in [9.17, 15) is 0 Å². The molecule has 2 atom stereocenters. The van der Waals surface area contributed by atoms with Crippen molar-refractivity contribution in [2.24, 2.45) is 11.8 Å². The predicted molar refractivity (Wildman–Crippen MR) is 75.6 cm³/mol. The van der Waals surface area contributed by atoms with Gasteiger partial charge in [0.15, 0.2) is 0 Å². The molecule has 0 heterocycles. The molecule has 0 aromatic carbocycles. The van der Waals surface area contributed by atoms with Gasteiger partial charge in [-0.3, -0.25) is 0 Å². The first-order valence-electron chi connectivity index (χ1n) is 7.17. The van der Waals surface area contributed by atoms with Crippen LogP contribution in [-0.4, -0.2) is 0 Å². The minimum atomic E-state index is 0.0379. The van der Waals surface area contributed by atoms with Crippen LogP contribution in [0, 0.1) is 34.5 Å². The summed E-state index contributed by atoms with van der Waals surface area (Å²) in [6, 6.07) is 4.63. The van der Waals surface area contributed by atoms with Gasteiger partial charge in [-0.15, -0.1) is 0 Å². The standard InChI is InChI=1S/C16H26N2/c1-4-7-15(9-10-17)12-16(8-5-2)11-14(6-3)13-18/h11,14-15H,4-9,12H2,1-3H3. The molecule has 0 bridgehead atoms. The highest BCUT2D eigenvalue weighted by molar-refractivity contribution is 5.10. The maximum Gasteiger partial charge on any atom is 0.0697 e. The van der Waals surface area contributed by atoms with Crippen LogP contribution in [-0.2, 0) is 0 Å². The predicted octanol–water partition coefficient (Wildman–Crippen LogP) is 4.98. The molecule has 0 spiro atoms. The summed E-state index contributed by atoms with van der Waals surface area (Å²) in [7, 11) is 0. The SMILES string of the molecule is CCCC(=CC(C#N)CC)CC(CC#N)CCC. The summed E-state index contributed by atoms with van der Waals surface area (Å²) in [6.45, 7) is 6.38. The van der Waals surface area contributed by atoms with Crippen molar-refractivity contribution in [3.05, 3.63) is 11.6 Å².